The highest BCUT2D eigenvalue weighted by Crippen LogP contribution is 2.31. The SMILES string of the molecule is COc1ccccc1C(CNC(=O)Nc1cc(C(=O)N(C)C)ccc1C)N1CCCC1. The Labute approximate surface area is 184 Å². The van der Waals surface area contributed by atoms with E-state index in [9.17, 15) is 9.59 Å². The molecule has 0 bridgehead atoms. The molecule has 3 rings (SSSR count). The quantitative estimate of drug-likeness (QED) is 0.711. The van der Waals surface area contributed by atoms with E-state index in [1.165, 1.54) is 4.90 Å². The average Bonchev–Trinajstić information content (AvgIpc) is 3.29. The smallest absolute Gasteiger partial charge is 0.319 e. The van der Waals surface area contributed by atoms with Gasteiger partial charge in [0.05, 0.1) is 13.2 Å². The highest BCUT2D eigenvalue weighted by molar-refractivity contribution is 5.97. The Morgan fingerprint density at radius 3 is 2.52 bits per heavy atom. The molecular formula is C24H32N4O3. The molecule has 1 fully saturated rings. The monoisotopic (exact) mass is 424 g/mol. The van der Waals surface area contributed by atoms with Gasteiger partial charge in [0.25, 0.3) is 5.91 Å². The van der Waals surface area contributed by atoms with Crippen LogP contribution in [-0.4, -0.2) is 62.6 Å². The van der Waals surface area contributed by atoms with Crippen molar-refractivity contribution in [1.29, 1.82) is 0 Å². The van der Waals surface area contributed by atoms with E-state index in [1.807, 2.05) is 31.2 Å². The summed E-state index contributed by atoms with van der Waals surface area (Å²) in [6.07, 6.45) is 2.31. The van der Waals surface area contributed by atoms with Gasteiger partial charge in [-0.25, -0.2) is 4.79 Å². The van der Waals surface area contributed by atoms with E-state index >= 15 is 0 Å². The Bertz CT molecular complexity index is 923. The third-order valence-corrected chi connectivity index (χ3v) is 5.67. The molecule has 0 saturated carbocycles. The van der Waals surface area contributed by atoms with Gasteiger partial charge in [0.15, 0.2) is 0 Å². The lowest BCUT2D eigenvalue weighted by molar-refractivity contribution is 0.0827. The van der Waals surface area contributed by atoms with Gasteiger partial charge in [0.2, 0.25) is 0 Å². The van der Waals surface area contributed by atoms with Crippen LogP contribution in [0.15, 0.2) is 42.5 Å². The van der Waals surface area contributed by atoms with Crippen molar-refractivity contribution in [3.05, 3.63) is 59.2 Å². The summed E-state index contributed by atoms with van der Waals surface area (Å²) in [6.45, 7) is 4.36. The number of nitrogens with one attached hydrogen (secondary N) is 2. The molecule has 7 nitrogen and oxygen atoms in total. The number of nitrogens with zero attached hydrogens (tertiary/aromatic N) is 2. The summed E-state index contributed by atoms with van der Waals surface area (Å²) in [6, 6.07) is 13.0. The Balaban J connectivity index is 1.72. The fraction of sp³-hybridized carbons (Fsp3) is 0.417. The molecule has 0 aliphatic carbocycles. The summed E-state index contributed by atoms with van der Waals surface area (Å²) in [5.74, 6) is 0.723. The Kier molecular flexibility index (Phi) is 7.52. The normalized spacial score (nSPS) is 14.7. The molecule has 0 spiro atoms. The molecule has 1 atom stereocenters. The highest BCUT2D eigenvalue weighted by Gasteiger charge is 2.26. The predicted molar refractivity (Wildman–Crippen MR) is 123 cm³/mol. The van der Waals surface area contributed by atoms with E-state index in [1.54, 1.807) is 33.3 Å². The molecule has 2 aromatic rings. The minimum Gasteiger partial charge on any atom is -0.496 e. The van der Waals surface area contributed by atoms with Crippen molar-refractivity contribution in [2.24, 2.45) is 0 Å². The number of methoxy groups -OCH3 is 1. The molecule has 2 N–H and O–H groups in total. The maximum Gasteiger partial charge on any atom is 0.319 e. The summed E-state index contributed by atoms with van der Waals surface area (Å²) in [7, 11) is 5.08. The number of rotatable bonds is 7. The number of benzene rings is 2. The number of carbonyl (C=O) groups is 2. The molecule has 1 aliphatic rings. The molecule has 0 aromatic heterocycles. The van der Waals surface area contributed by atoms with Gasteiger partial charge in [-0.15, -0.1) is 0 Å². The number of hydrogen-bond acceptors (Lipinski definition) is 4. The number of ether oxygens (including phenoxy) is 1. The van der Waals surface area contributed by atoms with Crippen LogP contribution in [0, 0.1) is 6.92 Å². The standard InChI is InChI=1S/C24H32N4O3/c1-17-11-12-18(23(29)27(2)3)15-20(17)26-24(30)25-16-21(28-13-7-8-14-28)19-9-5-6-10-22(19)31-4/h5-6,9-12,15,21H,7-8,13-14,16H2,1-4H3,(H2,25,26,30). The number of aryl methyl sites for hydroxylation is 1. The number of carbonyl (C=O) groups excluding carboxylic acids is 2. The first-order chi connectivity index (χ1) is 14.9. The summed E-state index contributed by atoms with van der Waals surface area (Å²) in [5, 5.41) is 5.91. The first-order valence-electron chi connectivity index (χ1n) is 10.6. The third-order valence-electron chi connectivity index (χ3n) is 5.67. The van der Waals surface area contributed by atoms with Crippen molar-refractivity contribution < 1.29 is 14.3 Å². The zero-order valence-electron chi connectivity index (χ0n) is 18.8. The van der Waals surface area contributed by atoms with E-state index in [4.69, 9.17) is 4.74 Å². The molecular weight excluding hydrogens is 392 g/mol. The summed E-state index contributed by atoms with van der Waals surface area (Å²) in [5.41, 5.74) is 3.13. The molecule has 3 amide bonds. The molecule has 166 valence electrons. The van der Waals surface area contributed by atoms with Crippen LogP contribution in [0.3, 0.4) is 0 Å². The van der Waals surface area contributed by atoms with Crippen LogP contribution in [0.25, 0.3) is 0 Å². The number of likely N-dealkylation sites (tertiary alicyclic amines) is 1. The third kappa shape index (κ3) is 5.55. The first kappa shape index (κ1) is 22.6. The van der Waals surface area contributed by atoms with Crippen molar-refractivity contribution in [2.75, 3.05) is 46.2 Å². The van der Waals surface area contributed by atoms with E-state index in [-0.39, 0.29) is 18.0 Å². The first-order valence-corrected chi connectivity index (χ1v) is 10.6. The predicted octanol–water partition coefficient (Wildman–Crippen LogP) is 3.66. The van der Waals surface area contributed by atoms with Crippen molar-refractivity contribution >= 4 is 17.6 Å². The van der Waals surface area contributed by atoms with Gasteiger partial charge in [-0.1, -0.05) is 24.3 Å². The Morgan fingerprint density at radius 2 is 1.84 bits per heavy atom. The lowest BCUT2D eigenvalue weighted by atomic mass is 10.0. The zero-order valence-corrected chi connectivity index (χ0v) is 18.8. The van der Waals surface area contributed by atoms with Crippen LogP contribution in [0.2, 0.25) is 0 Å². The number of hydrogen-bond donors (Lipinski definition) is 2. The van der Waals surface area contributed by atoms with Crippen LogP contribution < -0.4 is 15.4 Å². The van der Waals surface area contributed by atoms with E-state index in [2.05, 4.69) is 21.6 Å². The van der Waals surface area contributed by atoms with Crippen molar-refractivity contribution in [3.8, 4) is 5.75 Å². The van der Waals surface area contributed by atoms with Crippen LogP contribution in [0.1, 0.15) is 40.4 Å². The fourth-order valence-corrected chi connectivity index (χ4v) is 3.93. The van der Waals surface area contributed by atoms with Crippen LogP contribution in [0.4, 0.5) is 10.5 Å². The largest absolute Gasteiger partial charge is 0.496 e. The van der Waals surface area contributed by atoms with Crippen LogP contribution in [0.5, 0.6) is 5.75 Å². The summed E-state index contributed by atoms with van der Waals surface area (Å²) < 4.78 is 5.57. The summed E-state index contributed by atoms with van der Waals surface area (Å²) >= 11 is 0. The van der Waals surface area contributed by atoms with Gasteiger partial charge in [0, 0.05) is 37.5 Å². The molecule has 0 radical (unpaired) electrons. The number of urea groups is 1. The molecule has 1 unspecified atom stereocenters. The molecule has 31 heavy (non-hydrogen) atoms. The highest BCUT2D eigenvalue weighted by atomic mass is 16.5. The van der Waals surface area contributed by atoms with E-state index in [0.717, 1.165) is 42.8 Å². The second-order valence-electron chi connectivity index (χ2n) is 8.07. The molecule has 1 heterocycles. The lowest BCUT2D eigenvalue weighted by Crippen LogP contribution is -2.38. The van der Waals surface area contributed by atoms with Crippen molar-refractivity contribution in [1.82, 2.24) is 15.1 Å². The minimum absolute atomic E-state index is 0.0344. The second-order valence-corrected chi connectivity index (χ2v) is 8.07. The molecule has 1 aliphatic heterocycles. The molecule has 7 heteroatoms. The Morgan fingerprint density at radius 1 is 1.13 bits per heavy atom. The van der Waals surface area contributed by atoms with Crippen LogP contribution in [-0.2, 0) is 0 Å². The van der Waals surface area contributed by atoms with Crippen LogP contribution >= 0.6 is 0 Å². The van der Waals surface area contributed by atoms with Gasteiger partial charge in [-0.2, -0.15) is 0 Å². The minimum atomic E-state index is -0.295. The molecule has 1 saturated heterocycles. The van der Waals surface area contributed by atoms with Gasteiger partial charge >= 0.3 is 6.03 Å². The van der Waals surface area contributed by atoms with Gasteiger partial charge < -0.3 is 20.3 Å². The van der Waals surface area contributed by atoms with Gasteiger partial charge in [-0.05, 0) is 56.6 Å². The van der Waals surface area contributed by atoms with E-state index in [0.29, 0.717) is 17.8 Å². The number of para-hydroxylation sites is 1. The molecule has 2 aromatic carbocycles. The Hall–Kier alpha value is -3.06. The maximum absolute atomic E-state index is 12.7. The van der Waals surface area contributed by atoms with Crippen molar-refractivity contribution in [3.63, 3.8) is 0 Å². The fourth-order valence-electron chi connectivity index (χ4n) is 3.93. The van der Waals surface area contributed by atoms with Crippen molar-refractivity contribution in [2.45, 2.75) is 25.8 Å². The zero-order chi connectivity index (χ0) is 22.4. The average molecular weight is 425 g/mol. The lowest BCUT2D eigenvalue weighted by Gasteiger charge is -2.29. The topological polar surface area (TPSA) is 73.9 Å². The number of amides is 3. The van der Waals surface area contributed by atoms with Gasteiger partial charge in [0.1, 0.15) is 5.75 Å². The number of anilines is 1. The maximum atomic E-state index is 12.7. The van der Waals surface area contributed by atoms with E-state index < -0.39 is 0 Å². The second kappa shape index (κ2) is 10.3. The summed E-state index contributed by atoms with van der Waals surface area (Å²) in [4.78, 5) is 28.9. The van der Waals surface area contributed by atoms with Gasteiger partial charge in [-0.3, -0.25) is 9.69 Å².